The highest BCUT2D eigenvalue weighted by atomic mass is 16.5. The largest absolute Gasteiger partial charge is 0.477 e. The zero-order valence-corrected chi connectivity index (χ0v) is 12.6. The van der Waals surface area contributed by atoms with E-state index in [0.717, 1.165) is 37.4 Å². The summed E-state index contributed by atoms with van der Waals surface area (Å²) >= 11 is 0. The van der Waals surface area contributed by atoms with E-state index in [1.807, 2.05) is 12.1 Å². The van der Waals surface area contributed by atoms with Gasteiger partial charge in [-0.1, -0.05) is 25.3 Å². The Hall–Kier alpha value is -1.56. The summed E-state index contributed by atoms with van der Waals surface area (Å²) in [5.74, 6) is 2.12. The Morgan fingerprint density at radius 2 is 2.00 bits per heavy atom. The van der Waals surface area contributed by atoms with Crippen LogP contribution in [-0.2, 0) is 0 Å². The number of aromatic nitrogens is 1. The average molecular weight is 284 g/mol. The van der Waals surface area contributed by atoms with Crippen molar-refractivity contribution in [2.75, 3.05) is 6.61 Å². The van der Waals surface area contributed by atoms with E-state index in [0.29, 0.717) is 11.8 Å². The molecular formula is C18H24N2O. The van der Waals surface area contributed by atoms with Crippen LogP contribution in [0.2, 0.25) is 0 Å². The number of hydrogen-bond acceptors (Lipinski definition) is 3. The number of hydrogen-bond donors (Lipinski definition) is 0. The minimum atomic E-state index is 0.212. The van der Waals surface area contributed by atoms with E-state index in [9.17, 15) is 0 Å². The maximum Gasteiger partial charge on any atom is 0.213 e. The van der Waals surface area contributed by atoms with Gasteiger partial charge in [0.05, 0.1) is 12.7 Å². The van der Waals surface area contributed by atoms with Crippen LogP contribution in [0.3, 0.4) is 0 Å². The highest BCUT2D eigenvalue weighted by Crippen LogP contribution is 2.37. The van der Waals surface area contributed by atoms with Crippen molar-refractivity contribution in [3.8, 4) is 11.9 Å². The first kappa shape index (κ1) is 14.4. The first-order valence-corrected chi connectivity index (χ1v) is 8.34. The third-order valence-electron chi connectivity index (χ3n) is 4.97. The van der Waals surface area contributed by atoms with Crippen molar-refractivity contribution in [3.63, 3.8) is 0 Å². The van der Waals surface area contributed by atoms with Crippen molar-refractivity contribution in [2.24, 2.45) is 11.8 Å². The van der Waals surface area contributed by atoms with E-state index in [4.69, 9.17) is 10.00 Å². The summed E-state index contributed by atoms with van der Waals surface area (Å²) in [7, 11) is 0. The number of pyridine rings is 1. The van der Waals surface area contributed by atoms with Crippen molar-refractivity contribution >= 4 is 0 Å². The fraction of sp³-hybridized carbons (Fsp3) is 0.667. The second kappa shape index (κ2) is 6.93. The quantitative estimate of drug-likeness (QED) is 0.820. The SMILES string of the molecule is N#CC1CCC(c2cccc(OCC3CCCCC3)n2)C1. The molecule has 2 aliphatic rings. The standard InChI is InChI=1S/C18H24N2O/c19-12-15-9-10-16(11-15)17-7-4-8-18(20-17)21-13-14-5-2-1-3-6-14/h4,7-8,14-16H,1-3,5-6,9-11,13H2. The van der Waals surface area contributed by atoms with Gasteiger partial charge >= 0.3 is 0 Å². The van der Waals surface area contributed by atoms with Crippen molar-refractivity contribution in [1.82, 2.24) is 4.98 Å². The molecule has 2 atom stereocenters. The highest BCUT2D eigenvalue weighted by Gasteiger charge is 2.26. The molecule has 2 saturated carbocycles. The summed E-state index contributed by atoms with van der Waals surface area (Å²) in [6.45, 7) is 0.807. The summed E-state index contributed by atoms with van der Waals surface area (Å²) in [4.78, 5) is 4.68. The van der Waals surface area contributed by atoms with Gasteiger partial charge in [-0.2, -0.15) is 5.26 Å². The van der Waals surface area contributed by atoms with Crippen LogP contribution in [0.1, 0.15) is 63.0 Å². The molecule has 2 unspecified atom stereocenters. The zero-order chi connectivity index (χ0) is 14.5. The molecule has 1 heterocycles. The zero-order valence-electron chi connectivity index (χ0n) is 12.6. The molecule has 3 nitrogen and oxygen atoms in total. The molecule has 0 bridgehead atoms. The molecule has 0 aromatic carbocycles. The van der Waals surface area contributed by atoms with E-state index < -0.39 is 0 Å². The maximum atomic E-state index is 9.02. The van der Waals surface area contributed by atoms with Gasteiger partial charge < -0.3 is 4.74 Å². The Bertz CT molecular complexity index is 502. The molecule has 1 aromatic heterocycles. The van der Waals surface area contributed by atoms with Crippen LogP contribution in [-0.4, -0.2) is 11.6 Å². The van der Waals surface area contributed by atoms with Crippen LogP contribution in [0, 0.1) is 23.2 Å². The molecule has 112 valence electrons. The lowest BCUT2D eigenvalue weighted by Gasteiger charge is -2.21. The lowest BCUT2D eigenvalue weighted by molar-refractivity contribution is 0.202. The molecule has 0 amide bonds. The van der Waals surface area contributed by atoms with Crippen LogP contribution in [0.15, 0.2) is 18.2 Å². The summed E-state index contributed by atoms with van der Waals surface area (Å²) in [5, 5.41) is 9.02. The van der Waals surface area contributed by atoms with Gasteiger partial charge in [0, 0.05) is 23.6 Å². The Morgan fingerprint density at radius 1 is 1.14 bits per heavy atom. The van der Waals surface area contributed by atoms with Crippen LogP contribution >= 0.6 is 0 Å². The summed E-state index contributed by atoms with van der Waals surface area (Å²) in [6, 6.07) is 8.47. The van der Waals surface area contributed by atoms with E-state index in [-0.39, 0.29) is 5.92 Å². The van der Waals surface area contributed by atoms with Crippen LogP contribution in [0.5, 0.6) is 5.88 Å². The predicted octanol–water partition coefficient (Wildman–Crippen LogP) is 4.45. The lowest BCUT2D eigenvalue weighted by Crippen LogP contribution is -2.15. The van der Waals surface area contributed by atoms with Gasteiger partial charge in [0.15, 0.2) is 0 Å². The average Bonchev–Trinajstić information content (AvgIpc) is 3.03. The second-order valence-electron chi connectivity index (χ2n) is 6.55. The van der Waals surface area contributed by atoms with Crippen molar-refractivity contribution in [2.45, 2.75) is 57.3 Å². The minimum absolute atomic E-state index is 0.212. The van der Waals surface area contributed by atoms with E-state index >= 15 is 0 Å². The summed E-state index contributed by atoms with van der Waals surface area (Å²) in [6.07, 6.45) is 9.71. The van der Waals surface area contributed by atoms with E-state index in [1.165, 1.54) is 32.1 Å². The van der Waals surface area contributed by atoms with Crippen molar-refractivity contribution in [1.29, 1.82) is 5.26 Å². The van der Waals surface area contributed by atoms with Crippen molar-refractivity contribution < 1.29 is 4.74 Å². The van der Waals surface area contributed by atoms with Gasteiger partial charge in [-0.05, 0) is 44.1 Å². The molecule has 0 saturated heterocycles. The highest BCUT2D eigenvalue weighted by molar-refractivity contribution is 5.20. The molecule has 1 aromatic rings. The summed E-state index contributed by atoms with van der Waals surface area (Å²) < 4.78 is 5.92. The van der Waals surface area contributed by atoms with Gasteiger partial charge in [0.25, 0.3) is 0 Å². The van der Waals surface area contributed by atoms with Gasteiger partial charge in [-0.25, -0.2) is 4.98 Å². The molecule has 3 rings (SSSR count). The maximum absolute atomic E-state index is 9.02. The first-order chi connectivity index (χ1) is 10.3. The van der Waals surface area contributed by atoms with Crippen LogP contribution in [0.4, 0.5) is 0 Å². The van der Waals surface area contributed by atoms with Crippen LogP contribution < -0.4 is 4.74 Å². The van der Waals surface area contributed by atoms with E-state index in [1.54, 1.807) is 0 Å². The Morgan fingerprint density at radius 3 is 2.76 bits per heavy atom. The Kier molecular flexibility index (Phi) is 4.75. The van der Waals surface area contributed by atoms with Gasteiger partial charge in [-0.3, -0.25) is 0 Å². The lowest BCUT2D eigenvalue weighted by atomic mass is 9.90. The number of nitriles is 1. The summed E-state index contributed by atoms with van der Waals surface area (Å²) in [5.41, 5.74) is 1.11. The number of nitrogens with zero attached hydrogens (tertiary/aromatic N) is 2. The van der Waals surface area contributed by atoms with Gasteiger partial charge in [-0.15, -0.1) is 0 Å². The molecular weight excluding hydrogens is 260 g/mol. The molecule has 3 heteroatoms. The predicted molar refractivity (Wildman–Crippen MR) is 82.0 cm³/mol. The first-order valence-electron chi connectivity index (χ1n) is 8.34. The monoisotopic (exact) mass is 284 g/mol. The van der Waals surface area contributed by atoms with Crippen molar-refractivity contribution in [3.05, 3.63) is 23.9 Å². The van der Waals surface area contributed by atoms with Crippen LogP contribution in [0.25, 0.3) is 0 Å². The molecule has 0 N–H and O–H groups in total. The van der Waals surface area contributed by atoms with Gasteiger partial charge in [0.2, 0.25) is 5.88 Å². The molecule has 2 fully saturated rings. The molecule has 21 heavy (non-hydrogen) atoms. The third-order valence-corrected chi connectivity index (χ3v) is 4.97. The number of rotatable bonds is 4. The fourth-order valence-electron chi connectivity index (χ4n) is 3.66. The number of ether oxygens (including phenoxy) is 1. The molecule has 0 aliphatic heterocycles. The normalized spacial score (nSPS) is 26.4. The Labute approximate surface area is 127 Å². The fourth-order valence-corrected chi connectivity index (χ4v) is 3.66. The molecule has 2 aliphatic carbocycles. The Balaban J connectivity index is 1.57. The van der Waals surface area contributed by atoms with Gasteiger partial charge in [0.1, 0.15) is 0 Å². The molecule has 0 radical (unpaired) electrons. The molecule has 0 spiro atoms. The third kappa shape index (κ3) is 3.75. The minimum Gasteiger partial charge on any atom is -0.477 e. The smallest absolute Gasteiger partial charge is 0.213 e. The topological polar surface area (TPSA) is 45.9 Å². The van der Waals surface area contributed by atoms with E-state index in [2.05, 4.69) is 17.1 Å². The second-order valence-corrected chi connectivity index (χ2v) is 6.55.